The molecule has 0 aromatic carbocycles. The third-order valence-corrected chi connectivity index (χ3v) is 6.46. The highest BCUT2D eigenvalue weighted by molar-refractivity contribution is 6.06. The van der Waals surface area contributed by atoms with Crippen LogP contribution in [-0.2, 0) is 9.59 Å². The molecule has 2 aliphatic heterocycles. The number of aromatic nitrogens is 2. The Kier molecular flexibility index (Phi) is 3.51. The summed E-state index contributed by atoms with van der Waals surface area (Å²) in [6.07, 6.45) is 5.40. The summed E-state index contributed by atoms with van der Waals surface area (Å²) in [4.78, 5) is 39.2. The first-order valence-corrected chi connectivity index (χ1v) is 10.2. The molecule has 1 aromatic heterocycles. The first-order chi connectivity index (χ1) is 15.6. The lowest BCUT2D eigenvalue weighted by Gasteiger charge is -2.34. The van der Waals surface area contributed by atoms with Gasteiger partial charge in [0.05, 0.1) is 13.2 Å². The molecule has 150 valence electrons. The van der Waals surface area contributed by atoms with Crippen LogP contribution in [0.5, 0.6) is 0 Å². The molecule has 7 heteroatoms. The Morgan fingerprint density at radius 1 is 1.04 bits per heavy atom. The largest absolute Gasteiger partial charge is 0.338 e. The monoisotopic (exact) mass is 388 g/mol. The standard InChI is InChI=1S/C21H29N5O2/c27-19-17-15-4-5-16(14-15)18(17)20(28)26(19)9-2-1-8-24-10-12-25(13-11-24)21-22-6-3-7-23-21/h3,6-7,15-18H,1-2,4-5,8-14H2/t15-,16-,17-,18+/m1/s1/i3D,8D2,17D,18D. The summed E-state index contributed by atoms with van der Waals surface area (Å²) in [5, 5.41) is 0. The number of likely N-dealkylation sites (tertiary alicyclic amines) is 1. The van der Waals surface area contributed by atoms with E-state index in [2.05, 4.69) is 9.97 Å². The first-order valence-electron chi connectivity index (χ1n) is 12.7. The maximum Gasteiger partial charge on any atom is 0.233 e. The topological polar surface area (TPSA) is 69.6 Å². The van der Waals surface area contributed by atoms with E-state index < -0.39 is 30.1 Å². The van der Waals surface area contributed by atoms with E-state index in [1.807, 2.05) is 4.90 Å². The number of imide groups is 1. The van der Waals surface area contributed by atoms with Crippen molar-refractivity contribution in [3.63, 3.8) is 0 Å². The van der Waals surface area contributed by atoms with Gasteiger partial charge in [-0.3, -0.25) is 19.4 Å². The van der Waals surface area contributed by atoms with Gasteiger partial charge in [-0.15, -0.1) is 0 Å². The van der Waals surface area contributed by atoms with Gasteiger partial charge in [0.2, 0.25) is 17.8 Å². The van der Waals surface area contributed by atoms with E-state index in [1.165, 1.54) is 12.4 Å². The molecule has 2 saturated carbocycles. The van der Waals surface area contributed by atoms with Gasteiger partial charge in [-0.1, -0.05) is 0 Å². The number of rotatable bonds is 6. The quantitative estimate of drug-likeness (QED) is 0.687. The maximum absolute atomic E-state index is 13.0. The summed E-state index contributed by atoms with van der Waals surface area (Å²) in [6.45, 7) is 0.545. The summed E-state index contributed by atoms with van der Waals surface area (Å²) in [6, 6.07) is 0.243. The van der Waals surface area contributed by atoms with Gasteiger partial charge in [0, 0.05) is 50.6 Å². The molecular weight excluding hydrogens is 354 g/mol. The van der Waals surface area contributed by atoms with Gasteiger partial charge in [-0.2, -0.15) is 0 Å². The van der Waals surface area contributed by atoms with Gasteiger partial charge >= 0.3 is 0 Å². The zero-order valence-corrected chi connectivity index (χ0v) is 15.9. The van der Waals surface area contributed by atoms with Gasteiger partial charge < -0.3 is 4.90 Å². The fourth-order valence-corrected chi connectivity index (χ4v) is 5.07. The van der Waals surface area contributed by atoms with E-state index in [9.17, 15) is 9.59 Å². The van der Waals surface area contributed by atoms with E-state index in [4.69, 9.17) is 6.85 Å². The molecule has 0 unspecified atom stereocenters. The number of hydrogen-bond donors (Lipinski definition) is 0. The molecule has 3 heterocycles. The minimum absolute atomic E-state index is 0.0607. The molecule has 7 nitrogen and oxygen atoms in total. The van der Waals surface area contributed by atoms with Gasteiger partial charge in [0.15, 0.2) is 0 Å². The number of fused-ring (bicyclic) bond motifs is 5. The molecule has 0 spiro atoms. The second kappa shape index (κ2) is 7.43. The lowest BCUT2D eigenvalue weighted by Crippen LogP contribution is -2.47. The summed E-state index contributed by atoms with van der Waals surface area (Å²) < 4.78 is 42.1. The van der Waals surface area contributed by atoms with Gasteiger partial charge in [0.25, 0.3) is 0 Å². The second-order valence-electron chi connectivity index (χ2n) is 8.02. The molecule has 2 bridgehead atoms. The molecular formula is C21H29N5O2. The maximum atomic E-state index is 13.0. The van der Waals surface area contributed by atoms with Crippen molar-refractivity contribution >= 4 is 17.8 Å². The van der Waals surface area contributed by atoms with Crippen molar-refractivity contribution in [3.05, 3.63) is 18.4 Å². The number of hydrogen-bond acceptors (Lipinski definition) is 6. The summed E-state index contributed by atoms with van der Waals surface area (Å²) in [5.41, 5.74) is 0. The third kappa shape index (κ3) is 3.09. The highest BCUT2D eigenvalue weighted by atomic mass is 16.2. The Morgan fingerprint density at radius 3 is 2.32 bits per heavy atom. The van der Waals surface area contributed by atoms with Crippen molar-refractivity contribution in [1.29, 1.82) is 0 Å². The first kappa shape index (κ1) is 13.2. The van der Waals surface area contributed by atoms with Crippen LogP contribution < -0.4 is 4.90 Å². The second-order valence-corrected chi connectivity index (χ2v) is 8.02. The Labute approximate surface area is 173 Å². The lowest BCUT2D eigenvalue weighted by atomic mass is 9.81. The Hall–Kier alpha value is -2.02. The van der Waals surface area contributed by atoms with Crippen molar-refractivity contribution in [2.45, 2.75) is 32.1 Å². The van der Waals surface area contributed by atoms with Crippen LogP contribution in [0.3, 0.4) is 0 Å². The number of amides is 2. The Bertz CT molecular complexity index is 923. The Balaban J connectivity index is 1.16. The van der Waals surface area contributed by atoms with Crippen molar-refractivity contribution in [2.24, 2.45) is 23.6 Å². The van der Waals surface area contributed by atoms with Crippen molar-refractivity contribution in [2.75, 3.05) is 44.1 Å². The summed E-state index contributed by atoms with van der Waals surface area (Å²) in [7, 11) is 0. The predicted octanol–water partition coefficient (Wildman–Crippen LogP) is 1.41. The van der Waals surface area contributed by atoms with Crippen LogP contribution in [0, 0.1) is 23.6 Å². The minimum atomic E-state index is -1.66. The molecule has 2 saturated heterocycles. The Morgan fingerprint density at radius 2 is 1.68 bits per heavy atom. The fourth-order valence-electron chi connectivity index (χ4n) is 5.07. The van der Waals surface area contributed by atoms with E-state index in [0.717, 1.165) is 17.7 Å². The summed E-state index contributed by atoms with van der Waals surface area (Å²) >= 11 is 0. The van der Waals surface area contributed by atoms with E-state index in [0.29, 0.717) is 45.0 Å². The number of piperazine rings is 1. The van der Waals surface area contributed by atoms with E-state index in [-0.39, 0.29) is 30.8 Å². The molecule has 28 heavy (non-hydrogen) atoms. The molecule has 0 radical (unpaired) electrons. The number of carbonyl (C=O) groups is 2. The summed E-state index contributed by atoms with van der Waals surface area (Å²) in [5.74, 6) is -4.34. The highest BCUT2D eigenvalue weighted by Crippen LogP contribution is 2.56. The third-order valence-electron chi connectivity index (χ3n) is 6.46. The number of nitrogens with zero attached hydrogens (tertiary/aromatic N) is 5. The average Bonchev–Trinajstić information content (AvgIpc) is 3.42. The number of carbonyl (C=O) groups excluding carboxylic acids is 2. The fraction of sp³-hybridized carbons (Fsp3) is 0.714. The van der Waals surface area contributed by atoms with E-state index >= 15 is 0 Å². The zero-order valence-electron chi connectivity index (χ0n) is 20.9. The minimum Gasteiger partial charge on any atom is -0.338 e. The average molecular weight is 389 g/mol. The normalized spacial score (nSPS) is 40.8. The van der Waals surface area contributed by atoms with E-state index in [1.54, 1.807) is 4.90 Å². The van der Waals surface area contributed by atoms with Crippen molar-refractivity contribution in [1.82, 2.24) is 19.8 Å². The van der Waals surface area contributed by atoms with Crippen LogP contribution >= 0.6 is 0 Å². The molecule has 2 aliphatic carbocycles. The van der Waals surface area contributed by atoms with Gasteiger partial charge in [0.1, 0.15) is 0 Å². The van der Waals surface area contributed by atoms with Crippen LogP contribution in [0.1, 0.15) is 39.0 Å². The molecule has 2 amide bonds. The van der Waals surface area contributed by atoms with Crippen LogP contribution in [0.2, 0.25) is 0 Å². The highest BCUT2D eigenvalue weighted by Gasteiger charge is 2.60. The molecule has 5 rings (SSSR count). The SMILES string of the molecule is [2H]c1cnc(N2CCN(C([2H])([2H])CCCN3C(=O)[C@@]4([2H])[C@@H]5CC[C@H](C5)[C@@]4([2H])C3=O)CC2)nc1. The van der Waals surface area contributed by atoms with Crippen LogP contribution in [0.25, 0.3) is 0 Å². The molecule has 4 aliphatic rings. The molecule has 0 N–H and O–H groups in total. The van der Waals surface area contributed by atoms with Gasteiger partial charge in [-0.05, 0) is 56.5 Å². The van der Waals surface area contributed by atoms with Crippen LogP contribution in [-0.4, -0.2) is 70.8 Å². The number of anilines is 1. The van der Waals surface area contributed by atoms with Gasteiger partial charge in [-0.25, -0.2) is 9.97 Å². The molecule has 1 aromatic rings. The van der Waals surface area contributed by atoms with Crippen molar-refractivity contribution < 1.29 is 16.4 Å². The zero-order chi connectivity index (χ0) is 23.6. The predicted molar refractivity (Wildman–Crippen MR) is 104 cm³/mol. The van der Waals surface area contributed by atoms with Crippen LogP contribution in [0.15, 0.2) is 18.4 Å². The molecule has 4 atom stereocenters. The lowest BCUT2D eigenvalue weighted by molar-refractivity contribution is -0.140. The smallest absolute Gasteiger partial charge is 0.233 e. The van der Waals surface area contributed by atoms with Crippen molar-refractivity contribution in [3.8, 4) is 0 Å². The molecule has 4 fully saturated rings. The van der Waals surface area contributed by atoms with Crippen LogP contribution in [0.4, 0.5) is 5.95 Å².